The number of amides is 1. The summed E-state index contributed by atoms with van der Waals surface area (Å²) in [4.78, 5) is 24.1. The molecule has 1 aromatic carbocycles. The zero-order chi connectivity index (χ0) is 17.8. The first-order valence-electron chi connectivity index (χ1n) is 8.51. The minimum absolute atomic E-state index is 0.293. The number of benzene rings is 1. The van der Waals surface area contributed by atoms with Gasteiger partial charge in [0.05, 0.1) is 5.56 Å². The molecule has 0 saturated carbocycles. The van der Waals surface area contributed by atoms with Crippen LogP contribution in [0.3, 0.4) is 0 Å². The summed E-state index contributed by atoms with van der Waals surface area (Å²) in [5.41, 5.74) is 7.60. The highest BCUT2D eigenvalue weighted by Gasteiger charge is 2.18. The maximum Gasteiger partial charge on any atom is 0.251 e. The van der Waals surface area contributed by atoms with E-state index in [-0.39, 0.29) is 0 Å². The van der Waals surface area contributed by atoms with E-state index in [1.807, 2.05) is 12.1 Å². The molecule has 1 amide bonds. The number of carbonyl (C=O) groups excluding carboxylic acids is 1. The van der Waals surface area contributed by atoms with E-state index in [9.17, 15) is 4.79 Å². The molecule has 7 heteroatoms. The molecule has 25 heavy (non-hydrogen) atoms. The molecule has 3 N–H and O–H groups in total. The van der Waals surface area contributed by atoms with Crippen LogP contribution < -0.4 is 16.0 Å². The van der Waals surface area contributed by atoms with Gasteiger partial charge in [-0.3, -0.25) is 9.69 Å². The molecular weight excluding hydrogens is 316 g/mol. The minimum Gasteiger partial charge on any atom is -0.369 e. The maximum atomic E-state index is 11.0. The standard InChI is InChI=1S/C18H24N6O/c1-13(2)23-7-9-24(10-8-23)16-5-3-15(4-6-16)22-18-20-11-14(12-21-18)17(19)25/h3-6,11-13H,7-10H2,1-2H3,(H2,19,25)(H,20,21,22). The van der Waals surface area contributed by atoms with Crippen LogP contribution in [0.5, 0.6) is 0 Å². The Kier molecular flexibility index (Phi) is 5.14. The molecule has 2 heterocycles. The van der Waals surface area contributed by atoms with Crippen molar-refractivity contribution in [2.75, 3.05) is 36.4 Å². The SMILES string of the molecule is CC(C)N1CCN(c2ccc(Nc3ncc(C(N)=O)cn3)cc2)CC1. The Morgan fingerprint density at radius 2 is 1.68 bits per heavy atom. The molecule has 1 aromatic heterocycles. The van der Waals surface area contributed by atoms with Crippen LogP contribution in [0.1, 0.15) is 24.2 Å². The average Bonchev–Trinajstić information content (AvgIpc) is 2.63. The predicted octanol–water partition coefficient (Wildman–Crippen LogP) is 1.85. The Balaban J connectivity index is 1.60. The molecule has 132 valence electrons. The number of nitrogens with two attached hydrogens (primary N) is 1. The van der Waals surface area contributed by atoms with Crippen molar-refractivity contribution in [3.05, 3.63) is 42.2 Å². The largest absolute Gasteiger partial charge is 0.369 e. The summed E-state index contributed by atoms with van der Waals surface area (Å²) in [5.74, 6) is -0.100. The highest BCUT2D eigenvalue weighted by Crippen LogP contribution is 2.21. The number of hydrogen-bond donors (Lipinski definition) is 2. The summed E-state index contributed by atoms with van der Waals surface area (Å²) in [5, 5.41) is 3.12. The Bertz CT molecular complexity index is 705. The molecule has 0 atom stereocenters. The van der Waals surface area contributed by atoms with Crippen molar-refractivity contribution in [2.45, 2.75) is 19.9 Å². The second-order valence-corrected chi connectivity index (χ2v) is 6.45. The minimum atomic E-state index is -0.534. The molecule has 1 aliphatic heterocycles. The van der Waals surface area contributed by atoms with Crippen molar-refractivity contribution < 1.29 is 4.79 Å². The molecule has 7 nitrogen and oxygen atoms in total. The van der Waals surface area contributed by atoms with Gasteiger partial charge in [0, 0.05) is 56.0 Å². The first kappa shape index (κ1) is 17.2. The van der Waals surface area contributed by atoms with Gasteiger partial charge in [-0.2, -0.15) is 0 Å². The lowest BCUT2D eigenvalue weighted by Crippen LogP contribution is -2.48. The third kappa shape index (κ3) is 4.24. The van der Waals surface area contributed by atoms with Gasteiger partial charge in [0.2, 0.25) is 5.95 Å². The van der Waals surface area contributed by atoms with E-state index in [1.165, 1.54) is 18.1 Å². The molecule has 0 aliphatic carbocycles. The first-order chi connectivity index (χ1) is 12.0. The Labute approximate surface area is 147 Å². The van der Waals surface area contributed by atoms with Gasteiger partial charge >= 0.3 is 0 Å². The van der Waals surface area contributed by atoms with Crippen LogP contribution in [-0.2, 0) is 0 Å². The fourth-order valence-corrected chi connectivity index (χ4v) is 2.90. The third-order valence-corrected chi connectivity index (χ3v) is 4.47. The van der Waals surface area contributed by atoms with Crippen LogP contribution in [0.4, 0.5) is 17.3 Å². The van der Waals surface area contributed by atoms with Crippen LogP contribution in [0.15, 0.2) is 36.7 Å². The van der Waals surface area contributed by atoms with Gasteiger partial charge in [-0.25, -0.2) is 9.97 Å². The van der Waals surface area contributed by atoms with E-state index < -0.39 is 5.91 Å². The zero-order valence-electron chi connectivity index (χ0n) is 14.6. The van der Waals surface area contributed by atoms with E-state index in [0.717, 1.165) is 31.9 Å². The molecule has 0 bridgehead atoms. The summed E-state index contributed by atoms with van der Waals surface area (Å²) in [6, 6.07) is 8.83. The zero-order valence-corrected chi connectivity index (χ0v) is 14.6. The highest BCUT2D eigenvalue weighted by atomic mass is 16.1. The molecule has 0 spiro atoms. The van der Waals surface area contributed by atoms with E-state index in [0.29, 0.717) is 17.6 Å². The fourth-order valence-electron chi connectivity index (χ4n) is 2.90. The molecular formula is C18H24N6O. The summed E-state index contributed by atoms with van der Waals surface area (Å²) < 4.78 is 0. The lowest BCUT2D eigenvalue weighted by atomic mass is 10.2. The normalized spacial score (nSPS) is 15.4. The van der Waals surface area contributed by atoms with E-state index in [2.05, 4.69) is 51.1 Å². The van der Waals surface area contributed by atoms with Gasteiger partial charge in [0.15, 0.2) is 0 Å². The second kappa shape index (κ2) is 7.48. The Morgan fingerprint density at radius 1 is 1.08 bits per heavy atom. The van der Waals surface area contributed by atoms with E-state index in [1.54, 1.807) is 0 Å². The number of aromatic nitrogens is 2. The van der Waals surface area contributed by atoms with Crippen molar-refractivity contribution >= 4 is 23.2 Å². The van der Waals surface area contributed by atoms with Gasteiger partial charge in [-0.05, 0) is 38.1 Å². The number of nitrogens with one attached hydrogen (secondary N) is 1. The smallest absolute Gasteiger partial charge is 0.251 e. The summed E-state index contributed by atoms with van der Waals surface area (Å²) in [6.45, 7) is 8.77. The monoisotopic (exact) mass is 340 g/mol. The summed E-state index contributed by atoms with van der Waals surface area (Å²) >= 11 is 0. The number of hydrogen-bond acceptors (Lipinski definition) is 6. The van der Waals surface area contributed by atoms with E-state index >= 15 is 0 Å². The van der Waals surface area contributed by atoms with Crippen molar-refractivity contribution in [2.24, 2.45) is 5.73 Å². The fraction of sp³-hybridized carbons (Fsp3) is 0.389. The maximum absolute atomic E-state index is 11.0. The lowest BCUT2D eigenvalue weighted by molar-refractivity contribution is 0.0999. The van der Waals surface area contributed by atoms with Crippen molar-refractivity contribution in [3.63, 3.8) is 0 Å². The number of piperazine rings is 1. The summed E-state index contributed by atoms with van der Waals surface area (Å²) in [7, 11) is 0. The topological polar surface area (TPSA) is 87.4 Å². The van der Waals surface area contributed by atoms with Crippen molar-refractivity contribution in [1.29, 1.82) is 0 Å². The summed E-state index contributed by atoms with van der Waals surface area (Å²) in [6.07, 6.45) is 2.83. The number of nitrogens with zero attached hydrogens (tertiary/aromatic N) is 4. The van der Waals surface area contributed by atoms with Gasteiger partial charge < -0.3 is 16.0 Å². The van der Waals surface area contributed by atoms with Crippen LogP contribution in [0.25, 0.3) is 0 Å². The van der Waals surface area contributed by atoms with Gasteiger partial charge in [-0.15, -0.1) is 0 Å². The van der Waals surface area contributed by atoms with Crippen molar-refractivity contribution in [3.8, 4) is 0 Å². The number of rotatable bonds is 5. The Morgan fingerprint density at radius 3 is 2.20 bits per heavy atom. The number of anilines is 3. The highest BCUT2D eigenvalue weighted by molar-refractivity contribution is 5.92. The Hall–Kier alpha value is -2.67. The molecule has 0 radical (unpaired) electrons. The van der Waals surface area contributed by atoms with Gasteiger partial charge in [-0.1, -0.05) is 0 Å². The molecule has 1 fully saturated rings. The predicted molar refractivity (Wildman–Crippen MR) is 99.2 cm³/mol. The molecule has 3 rings (SSSR count). The molecule has 1 aliphatic rings. The average molecular weight is 340 g/mol. The van der Waals surface area contributed by atoms with Gasteiger partial charge in [0.1, 0.15) is 0 Å². The quantitative estimate of drug-likeness (QED) is 0.864. The number of carbonyl (C=O) groups is 1. The lowest BCUT2D eigenvalue weighted by Gasteiger charge is -2.38. The second-order valence-electron chi connectivity index (χ2n) is 6.45. The van der Waals surface area contributed by atoms with Crippen LogP contribution >= 0.6 is 0 Å². The van der Waals surface area contributed by atoms with Crippen LogP contribution in [0, 0.1) is 0 Å². The molecule has 2 aromatic rings. The molecule has 0 unspecified atom stereocenters. The van der Waals surface area contributed by atoms with Gasteiger partial charge in [0.25, 0.3) is 5.91 Å². The van der Waals surface area contributed by atoms with Crippen LogP contribution in [0.2, 0.25) is 0 Å². The third-order valence-electron chi connectivity index (χ3n) is 4.47. The van der Waals surface area contributed by atoms with E-state index in [4.69, 9.17) is 5.73 Å². The van der Waals surface area contributed by atoms with Crippen molar-refractivity contribution in [1.82, 2.24) is 14.9 Å². The number of primary amides is 1. The van der Waals surface area contributed by atoms with Crippen LogP contribution in [-0.4, -0.2) is 53.0 Å². The first-order valence-corrected chi connectivity index (χ1v) is 8.51. The molecule has 1 saturated heterocycles.